The maximum absolute atomic E-state index is 12.8. The second-order valence-corrected chi connectivity index (χ2v) is 26.0. The van der Waals surface area contributed by atoms with Gasteiger partial charge in [0.1, 0.15) is 20.9 Å². The number of imidazole rings is 1. The molecule has 0 radical (unpaired) electrons. The van der Waals surface area contributed by atoms with Gasteiger partial charge in [0.25, 0.3) is 16.7 Å². The highest BCUT2D eigenvalue weighted by molar-refractivity contribution is 6.33. The third kappa shape index (κ3) is 15.1. The number of aryl methyl sites for hydroxylation is 3. The van der Waals surface area contributed by atoms with Gasteiger partial charge in [-0.05, 0) is 129 Å². The van der Waals surface area contributed by atoms with Gasteiger partial charge in [-0.15, -0.1) is 0 Å². The Kier molecular flexibility index (Phi) is 21.3. The summed E-state index contributed by atoms with van der Waals surface area (Å²) in [6.07, 6.45) is 17.6. The van der Waals surface area contributed by atoms with Crippen LogP contribution in [0.5, 0.6) is 0 Å². The lowest BCUT2D eigenvalue weighted by molar-refractivity contribution is 0.392. The summed E-state index contributed by atoms with van der Waals surface area (Å²) in [6.45, 7) is 20.4. The Labute approximate surface area is 572 Å². The predicted molar refractivity (Wildman–Crippen MR) is 393 cm³/mol. The fourth-order valence-electron chi connectivity index (χ4n) is 12.5. The highest BCUT2D eigenvalue weighted by Gasteiger charge is 2.24. The highest BCUT2D eigenvalue weighted by atomic mass is 35.5. The van der Waals surface area contributed by atoms with Gasteiger partial charge >= 0.3 is 0 Å². The van der Waals surface area contributed by atoms with E-state index in [1.807, 2.05) is 72.8 Å². The molecule has 500 valence electrons. The largest absolute Gasteiger partial charge is 0.388 e. The van der Waals surface area contributed by atoms with Crippen molar-refractivity contribution in [3.63, 3.8) is 0 Å². The minimum absolute atomic E-state index is 0.0899. The summed E-state index contributed by atoms with van der Waals surface area (Å²) in [7, 11) is 8.79. The van der Waals surface area contributed by atoms with Crippen molar-refractivity contribution in [1.82, 2.24) is 64.2 Å². The van der Waals surface area contributed by atoms with E-state index in [0.29, 0.717) is 84.3 Å². The third-order valence-corrected chi connectivity index (χ3v) is 19.5. The van der Waals surface area contributed by atoms with Crippen molar-refractivity contribution in [3.8, 4) is 11.4 Å². The Bertz CT molecular complexity index is 4680. The molecule has 10 aromatic rings. The van der Waals surface area contributed by atoms with Gasteiger partial charge in [0.05, 0.1) is 51.8 Å². The smallest absolute Gasteiger partial charge is 0.261 e. The van der Waals surface area contributed by atoms with E-state index < -0.39 is 0 Å². The van der Waals surface area contributed by atoms with Crippen molar-refractivity contribution in [2.75, 3.05) is 84.0 Å². The SMILES string of the molecule is C=C(NC)c1cc2cc(Nc3nc(N4CCC(C)CC4)ncc3Cl)ccc2n(C)c1=O.C=C(NC)c1cc2cc(Nc3nc(N4CCC(CC)CC4)ncc3Cl)ccc2n(C)c1=O.CCC1CCN(c2ncc(Cl)c(Nc3ccc4c(c3)cc(-c3ncc[nH]3)c(=O)n4C)n2)CC1. The van der Waals surface area contributed by atoms with Gasteiger partial charge in [-0.1, -0.05) is 81.6 Å². The Morgan fingerprint density at radius 2 is 0.865 bits per heavy atom. The van der Waals surface area contributed by atoms with Crippen molar-refractivity contribution in [2.45, 2.75) is 72.1 Å². The van der Waals surface area contributed by atoms with Crippen LogP contribution >= 0.6 is 34.8 Å². The number of benzene rings is 3. The van der Waals surface area contributed by atoms with E-state index in [-0.39, 0.29) is 16.7 Å². The molecule has 22 nitrogen and oxygen atoms in total. The van der Waals surface area contributed by atoms with Crippen LogP contribution in [0.25, 0.3) is 55.5 Å². The van der Waals surface area contributed by atoms with E-state index in [1.54, 1.807) is 79.9 Å². The van der Waals surface area contributed by atoms with Crippen molar-refractivity contribution in [1.29, 1.82) is 0 Å². The number of H-pyrrole nitrogens is 1. The fourth-order valence-corrected chi connectivity index (χ4v) is 12.9. The molecular formula is C71H82Cl3N19O3. The number of aromatic nitrogens is 11. The number of aromatic amines is 1. The number of pyridine rings is 3. The summed E-state index contributed by atoms with van der Waals surface area (Å²) in [5.41, 5.74) is 7.45. The summed E-state index contributed by atoms with van der Waals surface area (Å²) in [5, 5.41) is 20.0. The van der Waals surface area contributed by atoms with Crippen LogP contribution in [0.3, 0.4) is 0 Å². The van der Waals surface area contributed by atoms with Crippen molar-refractivity contribution < 1.29 is 0 Å². The van der Waals surface area contributed by atoms with Crippen LogP contribution in [0, 0.1) is 17.8 Å². The molecule has 3 fully saturated rings. The number of rotatable bonds is 16. The van der Waals surface area contributed by atoms with Crippen LogP contribution in [0.4, 0.5) is 52.4 Å². The standard InChI is InChI=1S/C24H26ClN7O.C24H29ClN6O.C23H27ClN6O/c1-3-15-6-10-32(11-7-15)24-28-14-19(25)22(30-24)29-17-4-5-20-16(12-17)13-18(23(33)31(20)2)21-26-8-9-27-21;1-5-16-8-10-31(11-9-16)24-27-14-20(25)22(29-24)28-18-6-7-21-17(12-18)13-19(15(2)26-3)23(32)30(21)4;1-14-7-9-30(10-8-14)23-26-13-19(24)21(28-23)27-17-5-6-20-16(11-17)12-18(15(2)25-3)22(31)29(20)4/h4-5,8-9,12-15H,3,6-7,10-11H2,1-2H3,(H,26,27)(H,28,29,30);6-7,12-14,16,26H,2,5,8-11H2,1,3-4H3,(H,27,28,29);5-6,11-14,25H,2,7-10H2,1,3-4H3,(H,26,27,28). The number of anilines is 9. The molecule has 0 unspecified atom stereocenters. The maximum Gasteiger partial charge on any atom is 0.261 e. The molecule has 7 aromatic heterocycles. The second-order valence-electron chi connectivity index (χ2n) is 24.8. The first kappa shape index (κ1) is 67.9. The van der Waals surface area contributed by atoms with Crippen LogP contribution in [-0.4, -0.2) is 107 Å². The molecule has 3 aromatic carbocycles. The Morgan fingerprint density at radius 3 is 1.21 bits per heavy atom. The zero-order valence-electron chi connectivity index (χ0n) is 55.5. The number of nitrogens with one attached hydrogen (secondary N) is 6. The molecule has 0 saturated carbocycles. The van der Waals surface area contributed by atoms with E-state index in [0.717, 1.165) is 145 Å². The number of nitrogens with zero attached hydrogens (tertiary/aromatic N) is 13. The second kappa shape index (κ2) is 30.1. The van der Waals surface area contributed by atoms with E-state index in [2.05, 4.69) is 105 Å². The van der Waals surface area contributed by atoms with Crippen LogP contribution in [0.15, 0.2) is 131 Å². The molecule has 0 bridgehead atoms. The van der Waals surface area contributed by atoms with Gasteiger partial charge < -0.3 is 60.0 Å². The van der Waals surface area contributed by atoms with Crippen molar-refractivity contribution in [2.24, 2.45) is 38.9 Å². The molecule has 3 aliphatic rings. The molecule has 3 aliphatic heterocycles. The first-order valence-corrected chi connectivity index (χ1v) is 33.7. The van der Waals surface area contributed by atoms with Crippen molar-refractivity contribution >= 4 is 131 Å². The zero-order chi connectivity index (χ0) is 67.9. The summed E-state index contributed by atoms with van der Waals surface area (Å²) < 4.78 is 4.89. The Balaban J connectivity index is 0.000000146. The van der Waals surface area contributed by atoms with Gasteiger partial charge in [-0.2, -0.15) is 15.0 Å². The average molecular weight is 1360 g/mol. The predicted octanol–water partition coefficient (Wildman–Crippen LogP) is 13.4. The number of hydrogen-bond donors (Lipinski definition) is 6. The fraction of sp³-hybridized carbons (Fsp3) is 0.352. The van der Waals surface area contributed by atoms with E-state index in [1.165, 1.54) is 12.8 Å². The van der Waals surface area contributed by atoms with Crippen LogP contribution in [-0.2, 0) is 21.1 Å². The van der Waals surface area contributed by atoms with Crippen LogP contribution < -0.4 is 58.0 Å². The van der Waals surface area contributed by atoms with E-state index >= 15 is 0 Å². The molecule has 96 heavy (non-hydrogen) atoms. The zero-order valence-corrected chi connectivity index (χ0v) is 57.8. The number of fused-ring (bicyclic) bond motifs is 3. The summed E-state index contributed by atoms with van der Waals surface area (Å²) in [4.78, 5) is 79.4. The van der Waals surface area contributed by atoms with Gasteiger partial charge in [-0.3, -0.25) is 14.4 Å². The van der Waals surface area contributed by atoms with Gasteiger partial charge in [-0.25, -0.2) is 19.9 Å². The Hall–Kier alpha value is -9.51. The van der Waals surface area contributed by atoms with Crippen molar-refractivity contribution in [3.05, 3.63) is 174 Å². The minimum Gasteiger partial charge on any atom is -0.388 e. The molecule has 13 rings (SSSR count). The molecule has 3 saturated heterocycles. The Morgan fingerprint density at radius 1 is 0.510 bits per heavy atom. The molecule has 0 aliphatic carbocycles. The number of halogens is 3. The minimum atomic E-state index is -0.103. The quantitative estimate of drug-likeness (QED) is 0.0527. The van der Waals surface area contributed by atoms with Crippen LogP contribution in [0.2, 0.25) is 15.1 Å². The number of piperidine rings is 3. The molecule has 0 amide bonds. The molecule has 6 N–H and O–H groups in total. The lowest BCUT2D eigenvalue weighted by Crippen LogP contribution is -2.34. The third-order valence-electron chi connectivity index (χ3n) is 18.7. The molecule has 10 heterocycles. The normalized spacial score (nSPS) is 14.6. The van der Waals surface area contributed by atoms with E-state index in [4.69, 9.17) is 44.8 Å². The summed E-state index contributed by atoms with van der Waals surface area (Å²) >= 11 is 19.2. The first-order valence-electron chi connectivity index (χ1n) is 32.6. The van der Waals surface area contributed by atoms with Crippen LogP contribution in [0.1, 0.15) is 83.3 Å². The molecular weight excluding hydrogens is 1270 g/mol. The monoisotopic (exact) mass is 1350 g/mol. The van der Waals surface area contributed by atoms with Gasteiger partial charge in [0.2, 0.25) is 17.8 Å². The summed E-state index contributed by atoms with van der Waals surface area (Å²) in [6, 6.07) is 23.0. The topological polar surface area (TPSA) is 242 Å². The molecule has 25 heteroatoms. The number of hydrogen-bond acceptors (Lipinski definition) is 18. The maximum atomic E-state index is 12.8. The van der Waals surface area contributed by atoms with Gasteiger partial charge in [0.15, 0.2) is 17.5 Å². The lowest BCUT2D eigenvalue weighted by atomic mass is 9.95. The average Bonchev–Trinajstić information content (AvgIpc) is 0.893. The first-order chi connectivity index (χ1) is 46.3. The van der Waals surface area contributed by atoms with Gasteiger partial charge in [0, 0.05) is 132 Å². The highest BCUT2D eigenvalue weighted by Crippen LogP contribution is 2.34. The summed E-state index contributed by atoms with van der Waals surface area (Å²) in [5.74, 6) is 6.63. The lowest BCUT2D eigenvalue weighted by Gasteiger charge is -2.31. The molecule has 0 atom stereocenters. The van der Waals surface area contributed by atoms with E-state index in [9.17, 15) is 14.4 Å². The molecule has 0 spiro atoms.